The first-order valence-electron chi connectivity index (χ1n) is 5.18. The fourth-order valence-corrected chi connectivity index (χ4v) is 0.905. The molecular weight excluding hydrogens is 237 g/mol. The molecule has 0 unspecified atom stereocenters. The van der Waals surface area contributed by atoms with E-state index in [1.165, 1.54) is 13.0 Å². The Labute approximate surface area is 97.6 Å². The summed E-state index contributed by atoms with van der Waals surface area (Å²) < 4.78 is 41.9. The maximum Gasteiger partial charge on any atom is 0.432 e. The lowest BCUT2D eigenvalue weighted by atomic mass is 10.0. The SMILES string of the molecule is CCCC=C=C[C@@](O)(C(=O)OCC)C(F)(F)F. The Bertz CT molecular complexity index is 316. The summed E-state index contributed by atoms with van der Waals surface area (Å²) in [5.74, 6) is -1.75. The highest BCUT2D eigenvalue weighted by Gasteiger charge is 2.59. The van der Waals surface area contributed by atoms with Gasteiger partial charge in [0.1, 0.15) is 0 Å². The van der Waals surface area contributed by atoms with Gasteiger partial charge in [-0.15, -0.1) is 5.73 Å². The second-order valence-corrected chi connectivity index (χ2v) is 3.29. The Kier molecular flexibility index (Phi) is 5.99. The molecule has 0 saturated carbocycles. The maximum atomic E-state index is 12.6. The lowest BCUT2D eigenvalue weighted by Crippen LogP contribution is -2.51. The number of alkyl halides is 3. The van der Waals surface area contributed by atoms with Crippen LogP contribution in [-0.4, -0.2) is 29.5 Å². The Hall–Kier alpha value is -1.26. The number of carbonyl (C=O) groups is 1. The second-order valence-electron chi connectivity index (χ2n) is 3.29. The van der Waals surface area contributed by atoms with Crippen molar-refractivity contribution in [2.24, 2.45) is 0 Å². The van der Waals surface area contributed by atoms with E-state index in [4.69, 9.17) is 0 Å². The van der Waals surface area contributed by atoms with E-state index in [1.54, 1.807) is 0 Å². The molecule has 6 heteroatoms. The average Bonchev–Trinajstić information content (AvgIpc) is 2.22. The number of halogens is 3. The zero-order chi connectivity index (χ0) is 13.5. The summed E-state index contributed by atoms with van der Waals surface area (Å²) in [6.45, 7) is 2.94. The minimum Gasteiger partial charge on any atom is -0.463 e. The van der Waals surface area contributed by atoms with Crippen molar-refractivity contribution in [3.63, 3.8) is 0 Å². The maximum absolute atomic E-state index is 12.6. The third kappa shape index (κ3) is 4.24. The molecule has 17 heavy (non-hydrogen) atoms. The fourth-order valence-electron chi connectivity index (χ4n) is 0.905. The van der Waals surface area contributed by atoms with Crippen LogP contribution >= 0.6 is 0 Å². The lowest BCUT2D eigenvalue weighted by Gasteiger charge is -2.23. The lowest BCUT2D eigenvalue weighted by molar-refractivity contribution is -0.245. The minimum absolute atomic E-state index is 0.246. The van der Waals surface area contributed by atoms with Crippen LogP contribution in [0, 0.1) is 0 Å². The molecule has 0 aromatic rings. The van der Waals surface area contributed by atoms with Gasteiger partial charge in [0.25, 0.3) is 5.60 Å². The molecule has 0 heterocycles. The van der Waals surface area contributed by atoms with Crippen molar-refractivity contribution in [2.75, 3.05) is 6.61 Å². The van der Waals surface area contributed by atoms with E-state index in [-0.39, 0.29) is 12.7 Å². The van der Waals surface area contributed by atoms with E-state index in [0.717, 1.165) is 6.42 Å². The normalized spacial score (nSPS) is 14.5. The summed E-state index contributed by atoms with van der Waals surface area (Å²) in [5, 5.41) is 9.31. The molecule has 0 bridgehead atoms. The molecule has 1 N–H and O–H groups in total. The topological polar surface area (TPSA) is 46.5 Å². The van der Waals surface area contributed by atoms with Gasteiger partial charge in [0.2, 0.25) is 0 Å². The van der Waals surface area contributed by atoms with Gasteiger partial charge in [-0.1, -0.05) is 13.3 Å². The first kappa shape index (κ1) is 15.7. The van der Waals surface area contributed by atoms with Crippen molar-refractivity contribution in [2.45, 2.75) is 38.5 Å². The van der Waals surface area contributed by atoms with Crippen LogP contribution in [0.1, 0.15) is 26.7 Å². The van der Waals surface area contributed by atoms with Crippen molar-refractivity contribution >= 4 is 5.97 Å². The largest absolute Gasteiger partial charge is 0.463 e. The van der Waals surface area contributed by atoms with E-state index in [9.17, 15) is 23.1 Å². The number of hydrogen-bond donors (Lipinski definition) is 1. The van der Waals surface area contributed by atoms with Crippen molar-refractivity contribution in [3.8, 4) is 0 Å². The van der Waals surface area contributed by atoms with Crippen LogP contribution < -0.4 is 0 Å². The molecule has 0 spiro atoms. The summed E-state index contributed by atoms with van der Waals surface area (Å²) >= 11 is 0. The van der Waals surface area contributed by atoms with Crippen LogP contribution in [0.4, 0.5) is 13.2 Å². The van der Waals surface area contributed by atoms with Crippen molar-refractivity contribution in [3.05, 3.63) is 17.9 Å². The highest BCUT2D eigenvalue weighted by atomic mass is 19.4. The molecule has 0 amide bonds. The van der Waals surface area contributed by atoms with Gasteiger partial charge in [0.15, 0.2) is 0 Å². The third-order valence-electron chi connectivity index (χ3n) is 1.86. The molecule has 0 aromatic heterocycles. The summed E-state index contributed by atoms with van der Waals surface area (Å²) in [7, 11) is 0. The Morgan fingerprint density at radius 1 is 1.41 bits per heavy atom. The molecule has 0 aliphatic rings. The zero-order valence-electron chi connectivity index (χ0n) is 9.67. The predicted octanol–water partition coefficient (Wildman–Crippen LogP) is 2.35. The van der Waals surface area contributed by atoms with E-state index < -0.39 is 17.7 Å². The van der Waals surface area contributed by atoms with Crippen LogP contribution in [0.15, 0.2) is 17.9 Å². The van der Waals surface area contributed by atoms with Gasteiger partial charge in [0.05, 0.1) is 6.61 Å². The molecule has 0 saturated heterocycles. The van der Waals surface area contributed by atoms with Crippen molar-refractivity contribution < 1.29 is 27.8 Å². The molecule has 0 aliphatic heterocycles. The van der Waals surface area contributed by atoms with E-state index in [1.807, 2.05) is 6.92 Å². The van der Waals surface area contributed by atoms with E-state index in [0.29, 0.717) is 6.42 Å². The summed E-state index contributed by atoms with van der Waals surface area (Å²) in [5.41, 5.74) is -1.48. The Morgan fingerprint density at radius 3 is 2.41 bits per heavy atom. The van der Waals surface area contributed by atoms with Crippen LogP contribution in [0.5, 0.6) is 0 Å². The Morgan fingerprint density at radius 2 is 2.00 bits per heavy atom. The second kappa shape index (κ2) is 6.47. The van der Waals surface area contributed by atoms with Crippen molar-refractivity contribution in [1.29, 1.82) is 0 Å². The molecular formula is C11H15F3O3. The van der Waals surface area contributed by atoms with Gasteiger partial charge in [0, 0.05) is 6.08 Å². The van der Waals surface area contributed by atoms with Gasteiger partial charge in [-0.2, -0.15) is 13.2 Å². The van der Waals surface area contributed by atoms with E-state index in [2.05, 4.69) is 10.5 Å². The fraction of sp³-hybridized carbons (Fsp3) is 0.636. The number of aliphatic hydroxyl groups is 1. The van der Waals surface area contributed by atoms with Crippen LogP contribution in [0.2, 0.25) is 0 Å². The van der Waals surface area contributed by atoms with Gasteiger partial charge in [-0.3, -0.25) is 0 Å². The van der Waals surface area contributed by atoms with Gasteiger partial charge in [-0.05, 0) is 19.4 Å². The first-order chi connectivity index (χ1) is 7.79. The molecule has 0 radical (unpaired) electrons. The molecule has 1 atom stereocenters. The summed E-state index contributed by atoms with van der Waals surface area (Å²) in [4.78, 5) is 11.1. The average molecular weight is 252 g/mol. The molecule has 98 valence electrons. The van der Waals surface area contributed by atoms with Crippen LogP contribution in [0.3, 0.4) is 0 Å². The van der Waals surface area contributed by atoms with Gasteiger partial charge >= 0.3 is 12.1 Å². The standard InChI is InChI=1S/C11H15F3O3/c1-3-5-6-7-8-10(16,11(12,13)14)9(15)17-4-2/h6,8,16H,3-5H2,1-2H3/t7?,10-/m1/s1. The Balaban J connectivity index is 5.13. The summed E-state index contributed by atoms with van der Waals surface area (Å²) in [6, 6.07) is 0. The van der Waals surface area contributed by atoms with Crippen LogP contribution in [0.25, 0.3) is 0 Å². The molecule has 0 aromatic carbocycles. The minimum atomic E-state index is -5.13. The highest BCUT2D eigenvalue weighted by molar-refractivity contribution is 5.82. The molecule has 0 fully saturated rings. The number of esters is 1. The number of unbranched alkanes of at least 4 members (excludes halogenated alkanes) is 1. The zero-order valence-corrected chi connectivity index (χ0v) is 9.67. The summed E-state index contributed by atoms with van der Waals surface area (Å²) in [6.07, 6.45) is -2.30. The monoisotopic (exact) mass is 252 g/mol. The number of hydrogen-bond acceptors (Lipinski definition) is 3. The number of rotatable bonds is 5. The molecule has 0 rings (SSSR count). The predicted molar refractivity (Wildman–Crippen MR) is 55.2 cm³/mol. The van der Waals surface area contributed by atoms with E-state index >= 15 is 0 Å². The highest BCUT2D eigenvalue weighted by Crippen LogP contribution is 2.32. The first-order valence-corrected chi connectivity index (χ1v) is 5.18. The molecule has 3 nitrogen and oxygen atoms in total. The quantitative estimate of drug-likeness (QED) is 0.603. The van der Waals surface area contributed by atoms with Crippen molar-refractivity contribution in [1.82, 2.24) is 0 Å². The smallest absolute Gasteiger partial charge is 0.432 e. The number of ether oxygens (including phenoxy) is 1. The van der Waals surface area contributed by atoms with Gasteiger partial charge < -0.3 is 9.84 Å². The van der Waals surface area contributed by atoms with Crippen LogP contribution in [-0.2, 0) is 9.53 Å². The molecule has 0 aliphatic carbocycles. The van der Waals surface area contributed by atoms with Gasteiger partial charge in [-0.25, -0.2) is 4.79 Å². The third-order valence-corrected chi connectivity index (χ3v) is 1.86. The number of carbonyl (C=O) groups excluding carboxylic acids is 1.